The maximum Gasteiger partial charge on any atom is 0.260 e. The second-order valence-electron chi connectivity index (χ2n) is 10.1. The van der Waals surface area contributed by atoms with Crippen LogP contribution in [-0.2, 0) is 14.8 Å². The first kappa shape index (κ1) is 25.1. The number of nitrogens with zero attached hydrogens (tertiary/aromatic N) is 5. The maximum absolute atomic E-state index is 13.1. The molecule has 4 aromatic heterocycles. The standard InChI is InChI=1S/C24H27N7O4S2/c1-15-19(7-17(8-25-15)27-21(32)12-29-13-24(2,3)14-29)28-22(33)18-9-26-31-11-20(36-23(18)31)16-5-6-30(10-16)37(4,34)35/h5-11H,12-14H2,1-4H3,(H,27,32)(H,28,33). The molecule has 2 amide bonds. The van der Waals surface area contributed by atoms with E-state index in [1.165, 1.54) is 29.9 Å². The highest BCUT2D eigenvalue weighted by Gasteiger charge is 2.34. The predicted molar refractivity (Wildman–Crippen MR) is 143 cm³/mol. The zero-order valence-electron chi connectivity index (χ0n) is 20.8. The number of fused-ring (bicyclic) bond motifs is 1. The van der Waals surface area contributed by atoms with Crippen molar-refractivity contribution in [2.75, 3.05) is 36.5 Å². The van der Waals surface area contributed by atoms with Crippen molar-refractivity contribution in [3.05, 3.63) is 54.4 Å². The van der Waals surface area contributed by atoms with E-state index in [4.69, 9.17) is 0 Å². The highest BCUT2D eigenvalue weighted by Crippen LogP contribution is 2.32. The lowest BCUT2D eigenvalue weighted by atomic mass is 9.84. The van der Waals surface area contributed by atoms with Crippen LogP contribution in [0.5, 0.6) is 0 Å². The van der Waals surface area contributed by atoms with E-state index in [2.05, 4.69) is 39.5 Å². The topological polar surface area (TPSA) is 131 Å². The van der Waals surface area contributed by atoms with Crippen molar-refractivity contribution < 1.29 is 18.0 Å². The monoisotopic (exact) mass is 541 g/mol. The Bertz CT molecular complexity index is 1620. The third-order valence-corrected chi connectivity index (χ3v) is 8.22. The number of likely N-dealkylation sites (tertiary alicyclic amines) is 1. The van der Waals surface area contributed by atoms with E-state index in [0.29, 0.717) is 39.6 Å². The molecule has 194 valence electrons. The minimum atomic E-state index is -3.39. The molecule has 0 aromatic carbocycles. The van der Waals surface area contributed by atoms with Crippen LogP contribution in [0.4, 0.5) is 11.4 Å². The van der Waals surface area contributed by atoms with E-state index in [0.717, 1.165) is 28.2 Å². The van der Waals surface area contributed by atoms with Gasteiger partial charge in [0.05, 0.1) is 52.7 Å². The lowest BCUT2D eigenvalue weighted by Gasteiger charge is -2.45. The van der Waals surface area contributed by atoms with Crippen molar-refractivity contribution in [1.29, 1.82) is 0 Å². The number of anilines is 2. The van der Waals surface area contributed by atoms with Crippen LogP contribution in [0, 0.1) is 12.3 Å². The Balaban J connectivity index is 1.30. The van der Waals surface area contributed by atoms with E-state index in [1.54, 1.807) is 36.0 Å². The molecule has 1 aliphatic heterocycles. The summed E-state index contributed by atoms with van der Waals surface area (Å²) < 4.78 is 26.3. The van der Waals surface area contributed by atoms with Crippen LogP contribution in [0.1, 0.15) is 29.9 Å². The highest BCUT2D eigenvalue weighted by atomic mass is 32.2. The summed E-state index contributed by atoms with van der Waals surface area (Å²) in [6.07, 6.45) is 8.93. The number of aromatic nitrogens is 4. The smallest absolute Gasteiger partial charge is 0.260 e. The number of amides is 2. The summed E-state index contributed by atoms with van der Waals surface area (Å²) in [7, 11) is -3.39. The van der Waals surface area contributed by atoms with E-state index < -0.39 is 10.0 Å². The summed E-state index contributed by atoms with van der Waals surface area (Å²) in [6.45, 7) is 8.17. The van der Waals surface area contributed by atoms with Gasteiger partial charge in [-0.05, 0) is 24.5 Å². The third-order valence-electron chi connectivity index (χ3n) is 6.06. The van der Waals surface area contributed by atoms with Crippen LogP contribution in [-0.4, -0.2) is 69.6 Å². The summed E-state index contributed by atoms with van der Waals surface area (Å²) in [5, 5.41) is 10.0. The third kappa shape index (κ3) is 5.29. The van der Waals surface area contributed by atoms with Gasteiger partial charge in [0.15, 0.2) is 0 Å². The van der Waals surface area contributed by atoms with Crippen LogP contribution in [0.25, 0.3) is 15.3 Å². The molecule has 0 saturated carbocycles. The van der Waals surface area contributed by atoms with Gasteiger partial charge in [-0.3, -0.25) is 23.4 Å². The van der Waals surface area contributed by atoms with Crippen LogP contribution in [0.3, 0.4) is 0 Å². The van der Waals surface area contributed by atoms with Crippen molar-refractivity contribution in [1.82, 2.24) is 23.5 Å². The first-order valence-electron chi connectivity index (χ1n) is 11.5. The van der Waals surface area contributed by atoms with Crippen molar-refractivity contribution in [3.63, 3.8) is 0 Å². The summed E-state index contributed by atoms with van der Waals surface area (Å²) in [6, 6.07) is 3.39. The number of pyridine rings is 1. The molecule has 13 heteroatoms. The average molecular weight is 542 g/mol. The van der Waals surface area contributed by atoms with Gasteiger partial charge < -0.3 is 10.6 Å². The highest BCUT2D eigenvalue weighted by molar-refractivity contribution is 7.89. The lowest BCUT2D eigenvalue weighted by molar-refractivity contribution is -0.120. The first-order chi connectivity index (χ1) is 17.4. The Morgan fingerprint density at radius 3 is 2.59 bits per heavy atom. The van der Waals surface area contributed by atoms with E-state index in [1.807, 2.05) is 0 Å². The Kier molecular flexibility index (Phi) is 6.16. The van der Waals surface area contributed by atoms with Crippen molar-refractivity contribution in [3.8, 4) is 10.4 Å². The van der Waals surface area contributed by atoms with Gasteiger partial charge in [0.1, 0.15) is 4.83 Å². The second kappa shape index (κ2) is 9.08. The number of nitrogens with one attached hydrogen (secondary N) is 2. The number of rotatable bonds is 7. The fourth-order valence-corrected chi connectivity index (χ4v) is 6.04. The molecule has 11 nitrogen and oxygen atoms in total. The van der Waals surface area contributed by atoms with Gasteiger partial charge in [-0.1, -0.05) is 13.8 Å². The van der Waals surface area contributed by atoms with Crippen molar-refractivity contribution in [2.45, 2.75) is 20.8 Å². The van der Waals surface area contributed by atoms with E-state index in [-0.39, 0.29) is 17.2 Å². The van der Waals surface area contributed by atoms with Gasteiger partial charge in [-0.2, -0.15) is 5.10 Å². The molecule has 0 radical (unpaired) electrons. The molecule has 0 unspecified atom stereocenters. The second-order valence-corrected chi connectivity index (χ2v) is 13.0. The minimum absolute atomic E-state index is 0.132. The molecule has 0 bridgehead atoms. The molecule has 0 atom stereocenters. The van der Waals surface area contributed by atoms with Crippen LogP contribution >= 0.6 is 11.3 Å². The maximum atomic E-state index is 13.1. The predicted octanol–water partition coefficient (Wildman–Crippen LogP) is 2.91. The Morgan fingerprint density at radius 1 is 1.16 bits per heavy atom. The quantitative estimate of drug-likeness (QED) is 0.368. The van der Waals surface area contributed by atoms with E-state index >= 15 is 0 Å². The molecular weight excluding hydrogens is 514 g/mol. The van der Waals surface area contributed by atoms with Crippen molar-refractivity contribution >= 4 is 49.4 Å². The van der Waals surface area contributed by atoms with Crippen molar-refractivity contribution in [2.24, 2.45) is 5.41 Å². The Morgan fingerprint density at radius 2 is 1.92 bits per heavy atom. The average Bonchev–Trinajstić information content (AvgIpc) is 3.49. The number of hydrogen-bond donors (Lipinski definition) is 2. The summed E-state index contributed by atoms with van der Waals surface area (Å²) in [5.74, 6) is -0.499. The molecular formula is C24H27N7O4S2. The van der Waals surface area contributed by atoms with Gasteiger partial charge >= 0.3 is 0 Å². The number of carbonyl (C=O) groups excluding carboxylic acids is 2. The van der Waals surface area contributed by atoms with E-state index in [9.17, 15) is 18.0 Å². The summed E-state index contributed by atoms with van der Waals surface area (Å²) in [5.41, 5.74) is 2.90. The molecule has 0 aliphatic carbocycles. The molecule has 1 fully saturated rings. The van der Waals surface area contributed by atoms with Gasteiger partial charge in [-0.25, -0.2) is 12.9 Å². The molecule has 2 N–H and O–H groups in total. The number of carbonyl (C=O) groups is 2. The van der Waals surface area contributed by atoms with Gasteiger partial charge in [0.2, 0.25) is 15.9 Å². The molecule has 1 aliphatic rings. The van der Waals surface area contributed by atoms with Crippen LogP contribution in [0.2, 0.25) is 0 Å². The summed E-state index contributed by atoms with van der Waals surface area (Å²) >= 11 is 1.33. The largest absolute Gasteiger partial charge is 0.324 e. The van der Waals surface area contributed by atoms with Gasteiger partial charge in [0.25, 0.3) is 5.91 Å². The molecule has 0 spiro atoms. The van der Waals surface area contributed by atoms with Gasteiger partial charge in [0, 0.05) is 37.2 Å². The molecule has 37 heavy (non-hydrogen) atoms. The molecule has 5 rings (SSSR count). The number of aryl methyl sites for hydroxylation is 1. The fourth-order valence-electron chi connectivity index (χ4n) is 4.40. The van der Waals surface area contributed by atoms with Gasteiger partial charge in [-0.15, -0.1) is 11.3 Å². The zero-order valence-corrected chi connectivity index (χ0v) is 22.5. The Hall–Kier alpha value is -3.55. The van der Waals surface area contributed by atoms with Crippen LogP contribution in [0.15, 0.2) is 43.1 Å². The zero-order chi connectivity index (χ0) is 26.5. The minimum Gasteiger partial charge on any atom is -0.324 e. The molecule has 5 heterocycles. The number of hydrogen-bond acceptors (Lipinski definition) is 8. The Labute approximate surface area is 218 Å². The lowest BCUT2D eigenvalue weighted by Crippen LogP contribution is -2.54. The summed E-state index contributed by atoms with van der Waals surface area (Å²) in [4.78, 5) is 33.4. The number of thiazole rings is 1. The van der Waals surface area contributed by atoms with Crippen LogP contribution < -0.4 is 10.6 Å². The molecule has 4 aromatic rings. The first-order valence-corrected chi connectivity index (χ1v) is 14.2. The SMILES string of the molecule is Cc1ncc(NC(=O)CN2CC(C)(C)C2)cc1NC(=O)c1cnn2cc(-c3ccn(S(C)(=O)=O)c3)sc12. The molecule has 1 saturated heterocycles. The normalized spacial score (nSPS) is 15.5. The fraction of sp³-hybridized carbons (Fsp3) is 0.333.